The Morgan fingerprint density at radius 2 is 2.15 bits per heavy atom. The van der Waals surface area contributed by atoms with Crippen LogP contribution in [0.5, 0.6) is 5.75 Å². The Labute approximate surface area is 155 Å². The third kappa shape index (κ3) is 3.37. The van der Waals surface area contributed by atoms with Crippen molar-refractivity contribution in [2.45, 2.75) is 26.7 Å². The molecule has 4 rings (SSSR count). The lowest BCUT2D eigenvalue weighted by Gasteiger charge is -2.11. The highest BCUT2D eigenvalue weighted by Gasteiger charge is 2.25. The van der Waals surface area contributed by atoms with E-state index in [1.165, 1.54) is 18.5 Å². The molecule has 1 fully saturated rings. The fourth-order valence-corrected chi connectivity index (χ4v) is 3.08. The molecule has 2 heterocycles. The predicted molar refractivity (Wildman–Crippen MR) is 98.2 cm³/mol. The Hall–Kier alpha value is -2.96. The maximum absolute atomic E-state index is 13.8. The summed E-state index contributed by atoms with van der Waals surface area (Å²) in [5.74, 6) is 0.168. The SMILES string of the molecule is CCOC(=O)c1c(C)[nH]c2c(-c3ccc(F)cc3OCC3CC3)ncnc12. The first-order valence-electron chi connectivity index (χ1n) is 9.01. The minimum absolute atomic E-state index is 0.278. The third-order valence-electron chi connectivity index (χ3n) is 4.62. The molecule has 1 aliphatic rings. The summed E-state index contributed by atoms with van der Waals surface area (Å²) < 4.78 is 24.8. The number of nitrogens with one attached hydrogen (secondary N) is 1. The van der Waals surface area contributed by atoms with Gasteiger partial charge in [-0.2, -0.15) is 0 Å². The number of carbonyl (C=O) groups is 1. The first-order valence-corrected chi connectivity index (χ1v) is 9.01. The maximum atomic E-state index is 13.8. The molecule has 2 aromatic heterocycles. The van der Waals surface area contributed by atoms with Gasteiger partial charge < -0.3 is 14.5 Å². The van der Waals surface area contributed by atoms with Crippen molar-refractivity contribution < 1.29 is 18.7 Å². The number of esters is 1. The number of aromatic amines is 1. The van der Waals surface area contributed by atoms with Crippen LogP contribution in [0.2, 0.25) is 0 Å². The molecule has 140 valence electrons. The Bertz CT molecular complexity index is 1010. The first kappa shape index (κ1) is 17.5. The zero-order chi connectivity index (χ0) is 19.0. The second-order valence-corrected chi connectivity index (χ2v) is 6.69. The predicted octanol–water partition coefficient (Wildman–Crippen LogP) is 4.04. The van der Waals surface area contributed by atoms with Crippen molar-refractivity contribution in [3.63, 3.8) is 0 Å². The van der Waals surface area contributed by atoms with Gasteiger partial charge in [-0.1, -0.05) is 0 Å². The normalized spacial score (nSPS) is 13.7. The molecule has 0 atom stereocenters. The number of H-pyrrole nitrogens is 1. The summed E-state index contributed by atoms with van der Waals surface area (Å²) in [5.41, 5.74) is 3.32. The summed E-state index contributed by atoms with van der Waals surface area (Å²) >= 11 is 0. The Balaban J connectivity index is 1.82. The molecule has 1 N–H and O–H groups in total. The molecule has 0 spiro atoms. The van der Waals surface area contributed by atoms with Gasteiger partial charge in [0.25, 0.3) is 0 Å². The monoisotopic (exact) mass is 369 g/mol. The molecule has 0 unspecified atom stereocenters. The molecule has 7 heteroatoms. The lowest BCUT2D eigenvalue weighted by Crippen LogP contribution is -2.06. The zero-order valence-electron chi connectivity index (χ0n) is 15.2. The van der Waals surface area contributed by atoms with Crippen LogP contribution in [0.15, 0.2) is 24.5 Å². The van der Waals surface area contributed by atoms with E-state index in [1.54, 1.807) is 19.9 Å². The molecule has 27 heavy (non-hydrogen) atoms. The fourth-order valence-electron chi connectivity index (χ4n) is 3.08. The highest BCUT2D eigenvalue weighted by atomic mass is 19.1. The van der Waals surface area contributed by atoms with E-state index in [0.717, 1.165) is 12.8 Å². The number of hydrogen-bond donors (Lipinski definition) is 1. The summed E-state index contributed by atoms with van der Waals surface area (Å²) in [6.07, 6.45) is 3.67. The van der Waals surface area contributed by atoms with Gasteiger partial charge in [0, 0.05) is 17.3 Å². The van der Waals surface area contributed by atoms with Crippen LogP contribution in [0.3, 0.4) is 0 Å². The van der Waals surface area contributed by atoms with Crippen LogP contribution in [0.25, 0.3) is 22.3 Å². The van der Waals surface area contributed by atoms with Crippen molar-refractivity contribution in [1.82, 2.24) is 15.0 Å². The molecule has 6 nitrogen and oxygen atoms in total. The first-order chi connectivity index (χ1) is 13.1. The van der Waals surface area contributed by atoms with Crippen LogP contribution in [0, 0.1) is 18.7 Å². The summed E-state index contributed by atoms with van der Waals surface area (Å²) in [7, 11) is 0. The highest BCUT2D eigenvalue weighted by Crippen LogP contribution is 2.36. The molecular weight excluding hydrogens is 349 g/mol. The highest BCUT2D eigenvalue weighted by molar-refractivity contribution is 6.07. The second kappa shape index (κ2) is 6.98. The average Bonchev–Trinajstić information content (AvgIpc) is 3.40. The van der Waals surface area contributed by atoms with Gasteiger partial charge in [0.1, 0.15) is 34.7 Å². The van der Waals surface area contributed by atoms with Gasteiger partial charge in [0.2, 0.25) is 0 Å². The van der Waals surface area contributed by atoms with Gasteiger partial charge in [-0.3, -0.25) is 0 Å². The lowest BCUT2D eigenvalue weighted by molar-refractivity contribution is 0.0527. The van der Waals surface area contributed by atoms with E-state index in [1.807, 2.05) is 0 Å². The van der Waals surface area contributed by atoms with Gasteiger partial charge >= 0.3 is 5.97 Å². The molecule has 0 amide bonds. The van der Waals surface area contributed by atoms with E-state index in [9.17, 15) is 9.18 Å². The van der Waals surface area contributed by atoms with E-state index in [4.69, 9.17) is 9.47 Å². The van der Waals surface area contributed by atoms with E-state index < -0.39 is 5.97 Å². The van der Waals surface area contributed by atoms with Crippen molar-refractivity contribution in [2.75, 3.05) is 13.2 Å². The largest absolute Gasteiger partial charge is 0.492 e. The van der Waals surface area contributed by atoms with E-state index >= 15 is 0 Å². The molecule has 0 aliphatic heterocycles. The molecule has 0 bridgehead atoms. The summed E-state index contributed by atoms with van der Waals surface area (Å²) in [4.78, 5) is 24.1. The minimum atomic E-state index is -0.435. The quantitative estimate of drug-likeness (QED) is 0.664. The maximum Gasteiger partial charge on any atom is 0.342 e. The molecule has 1 aliphatic carbocycles. The van der Waals surface area contributed by atoms with Gasteiger partial charge in [-0.25, -0.2) is 19.2 Å². The Kier molecular flexibility index (Phi) is 4.51. The minimum Gasteiger partial charge on any atom is -0.492 e. The number of halogens is 1. The standard InChI is InChI=1S/C20H20FN3O3/c1-3-26-20(25)16-11(2)24-19-17(22-10-23-18(16)19)14-7-6-13(21)8-15(14)27-9-12-4-5-12/h6-8,10,12,24H,3-5,9H2,1-2H3. The van der Waals surface area contributed by atoms with Crippen LogP contribution in [0.1, 0.15) is 35.8 Å². The van der Waals surface area contributed by atoms with E-state index in [2.05, 4.69) is 15.0 Å². The van der Waals surface area contributed by atoms with Gasteiger partial charge in [0.15, 0.2) is 0 Å². The summed E-state index contributed by atoms with van der Waals surface area (Å²) in [6, 6.07) is 4.38. The number of benzene rings is 1. The number of aromatic nitrogens is 3. The number of nitrogens with zero attached hydrogens (tertiary/aromatic N) is 2. The molecule has 1 aromatic carbocycles. The Morgan fingerprint density at radius 1 is 1.33 bits per heavy atom. The number of carbonyl (C=O) groups excluding carboxylic acids is 1. The van der Waals surface area contributed by atoms with Gasteiger partial charge in [0.05, 0.1) is 18.7 Å². The number of aryl methyl sites for hydroxylation is 1. The van der Waals surface area contributed by atoms with E-state index in [-0.39, 0.29) is 12.4 Å². The van der Waals surface area contributed by atoms with Crippen molar-refractivity contribution >= 4 is 17.0 Å². The molecule has 3 aromatic rings. The fraction of sp³-hybridized carbons (Fsp3) is 0.350. The zero-order valence-corrected chi connectivity index (χ0v) is 15.2. The number of fused-ring (bicyclic) bond motifs is 1. The number of rotatable bonds is 6. The van der Waals surface area contributed by atoms with Crippen LogP contribution in [-0.2, 0) is 4.74 Å². The average molecular weight is 369 g/mol. The molecule has 0 saturated heterocycles. The summed E-state index contributed by atoms with van der Waals surface area (Å²) in [6.45, 7) is 4.37. The van der Waals surface area contributed by atoms with Gasteiger partial charge in [-0.15, -0.1) is 0 Å². The molecular formula is C20H20FN3O3. The smallest absolute Gasteiger partial charge is 0.342 e. The van der Waals surface area contributed by atoms with E-state index in [0.29, 0.717) is 51.8 Å². The van der Waals surface area contributed by atoms with Crippen LogP contribution in [-0.4, -0.2) is 34.1 Å². The van der Waals surface area contributed by atoms with Crippen molar-refractivity contribution in [2.24, 2.45) is 5.92 Å². The van der Waals surface area contributed by atoms with Gasteiger partial charge in [-0.05, 0) is 44.7 Å². The molecule has 0 radical (unpaired) electrons. The third-order valence-corrected chi connectivity index (χ3v) is 4.62. The Morgan fingerprint density at radius 3 is 2.89 bits per heavy atom. The number of hydrogen-bond acceptors (Lipinski definition) is 5. The van der Waals surface area contributed by atoms with Crippen LogP contribution < -0.4 is 4.74 Å². The number of ether oxygens (including phenoxy) is 2. The lowest BCUT2D eigenvalue weighted by atomic mass is 10.1. The van der Waals surface area contributed by atoms with Crippen LogP contribution in [0.4, 0.5) is 4.39 Å². The molecule has 1 saturated carbocycles. The topological polar surface area (TPSA) is 77.1 Å². The van der Waals surface area contributed by atoms with Crippen molar-refractivity contribution in [1.29, 1.82) is 0 Å². The van der Waals surface area contributed by atoms with Crippen molar-refractivity contribution in [3.8, 4) is 17.0 Å². The summed E-state index contributed by atoms with van der Waals surface area (Å²) in [5, 5.41) is 0. The van der Waals surface area contributed by atoms with Crippen LogP contribution >= 0.6 is 0 Å². The second-order valence-electron chi connectivity index (χ2n) is 6.69. The van der Waals surface area contributed by atoms with Crippen molar-refractivity contribution in [3.05, 3.63) is 41.6 Å².